The Morgan fingerprint density at radius 2 is 2.13 bits per heavy atom. The van der Waals surface area contributed by atoms with Crippen LogP contribution in [0.15, 0.2) is 17.4 Å². The SMILES string of the molecule is CC1(C)S[C@@H]2[C@H](N=CN3CCC(Cn4ccnc4CN)CC3)C(=O)N2[C@H]1C(=O)O.Cl. The number of fused-ring (bicyclic) bond motifs is 1. The molecule has 3 N–H and O–H groups in total. The Balaban J connectivity index is 0.00000256. The van der Waals surface area contributed by atoms with Crippen LogP contribution in [0.1, 0.15) is 32.5 Å². The number of imidazole rings is 1. The molecule has 4 rings (SSSR count). The van der Waals surface area contributed by atoms with Gasteiger partial charge in [0.05, 0.1) is 12.9 Å². The number of hydrogen-bond acceptors (Lipinski definition) is 6. The first-order chi connectivity index (χ1) is 13.8. The van der Waals surface area contributed by atoms with Gasteiger partial charge in [-0.05, 0) is 32.6 Å². The summed E-state index contributed by atoms with van der Waals surface area (Å²) in [5.41, 5.74) is 5.72. The lowest BCUT2D eigenvalue weighted by atomic mass is 9.96. The van der Waals surface area contributed by atoms with Crippen molar-refractivity contribution in [3.8, 4) is 0 Å². The maximum absolute atomic E-state index is 12.5. The minimum Gasteiger partial charge on any atom is -0.480 e. The number of halogens is 1. The van der Waals surface area contributed by atoms with Gasteiger partial charge in [-0.3, -0.25) is 9.79 Å². The van der Waals surface area contributed by atoms with E-state index in [1.165, 1.54) is 16.7 Å². The van der Waals surface area contributed by atoms with Crippen molar-refractivity contribution in [3.63, 3.8) is 0 Å². The molecule has 4 heterocycles. The maximum atomic E-state index is 12.5. The second-order valence-corrected chi connectivity index (χ2v) is 10.3. The highest BCUT2D eigenvalue weighted by Crippen LogP contribution is 2.51. The topological polar surface area (TPSA) is 117 Å². The molecule has 0 aromatic carbocycles. The highest BCUT2D eigenvalue weighted by molar-refractivity contribution is 8.01. The zero-order valence-corrected chi connectivity index (χ0v) is 18.8. The molecule has 0 bridgehead atoms. The monoisotopic (exact) mass is 456 g/mol. The van der Waals surface area contributed by atoms with Gasteiger partial charge in [-0.1, -0.05) is 0 Å². The number of piperidine rings is 1. The third-order valence-electron chi connectivity index (χ3n) is 6.13. The van der Waals surface area contributed by atoms with Crippen molar-refractivity contribution in [3.05, 3.63) is 18.2 Å². The quantitative estimate of drug-likeness (QED) is 0.372. The Morgan fingerprint density at radius 1 is 1.43 bits per heavy atom. The van der Waals surface area contributed by atoms with E-state index in [1.54, 1.807) is 12.5 Å². The van der Waals surface area contributed by atoms with Gasteiger partial charge in [0, 0.05) is 36.8 Å². The van der Waals surface area contributed by atoms with Crippen molar-refractivity contribution in [1.82, 2.24) is 19.4 Å². The fourth-order valence-corrected chi connectivity index (χ4v) is 6.14. The number of aliphatic carboxylic acids is 1. The van der Waals surface area contributed by atoms with E-state index in [4.69, 9.17) is 5.73 Å². The van der Waals surface area contributed by atoms with Gasteiger partial charge in [-0.15, -0.1) is 24.2 Å². The molecule has 1 amide bonds. The van der Waals surface area contributed by atoms with Crippen molar-refractivity contribution < 1.29 is 14.7 Å². The van der Waals surface area contributed by atoms with Gasteiger partial charge in [0.25, 0.3) is 5.91 Å². The number of likely N-dealkylation sites (tertiary alicyclic amines) is 1. The zero-order chi connectivity index (χ0) is 20.8. The average molecular weight is 457 g/mol. The summed E-state index contributed by atoms with van der Waals surface area (Å²) in [5.74, 6) is 0.362. The average Bonchev–Trinajstić information content (AvgIpc) is 3.22. The number of nitrogens with two attached hydrogens (primary N) is 1. The molecule has 0 radical (unpaired) electrons. The van der Waals surface area contributed by atoms with Gasteiger partial charge in [0.15, 0.2) is 6.04 Å². The minimum atomic E-state index is -0.946. The number of thioether (sulfide) groups is 1. The molecule has 3 aliphatic rings. The van der Waals surface area contributed by atoms with E-state index >= 15 is 0 Å². The summed E-state index contributed by atoms with van der Waals surface area (Å²) < 4.78 is 1.62. The van der Waals surface area contributed by atoms with E-state index < -0.39 is 22.8 Å². The summed E-state index contributed by atoms with van der Waals surface area (Å²) >= 11 is 1.53. The van der Waals surface area contributed by atoms with E-state index in [-0.39, 0.29) is 23.7 Å². The van der Waals surface area contributed by atoms with Gasteiger partial charge >= 0.3 is 5.97 Å². The smallest absolute Gasteiger partial charge is 0.327 e. The number of nitrogens with zero attached hydrogens (tertiary/aromatic N) is 5. The highest BCUT2D eigenvalue weighted by Gasteiger charge is 2.63. The number of carboxylic acid groups (broad SMARTS) is 1. The van der Waals surface area contributed by atoms with Crippen LogP contribution in [-0.2, 0) is 22.7 Å². The number of carboxylic acids is 1. The van der Waals surface area contributed by atoms with Crippen LogP contribution in [-0.4, -0.2) is 78.0 Å². The van der Waals surface area contributed by atoms with Crippen LogP contribution in [0.25, 0.3) is 0 Å². The van der Waals surface area contributed by atoms with Crippen molar-refractivity contribution in [1.29, 1.82) is 0 Å². The predicted octanol–water partition coefficient (Wildman–Crippen LogP) is 1.02. The second kappa shape index (κ2) is 8.76. The van der Waals surface area contributed by atoms with Crippen LogP contribution < -0.4 is 5.73 Å². The minimum absolute atomic E-state index is 0. The molecule has 3 fully saturated rings. The van der Waals surface area contributed by atoms with Crippen LogP contribution in [0.3, 0.4) is 0 Å². The number of amides is 1. The lowest BCUT2D eigenvalue weighted by Gasteiger charge is -2.41. The molecule has 3 saturated heterocycles. The Morgan fingerprint density at radius 3 is 2.77 bits per heavy atom. The van der Waals surface area contributed by atoms with Crippen molar-refractivity contribution >= 4 is 42.4 Å². The van der Waals surface area contributed by atoms with Crippen LogP contribution in [0, 0.1) is 5.92 Å². The van der Waals surface area contributed by atoms with Crippen LogP contribution in [0.5, 0.6) is 0 Å². The lowest BCUT2D eigenvalue weighted by Crippen LogP contribution is -2.65. The molecule has 0 saturated carbocycles. The maximum Gasteiger partial charge on any atom is 0.327 e. The van der Waals surface area contributed by atoms with Crippen molar-refractivity contribution in [2.75, 3.05) is 13.1 Å². The molecule has 0 unspecified atom stereocenters. The molecular weight excluding hydrogens is 428 g/mol. The summed E-state index contributed by atoms with van der Waals surface area (Å²) in [6.07, 6.45) is 7.66. The van der Waals surface area contributed by atoms with Gasteiger partial charge in [-0.2, -0.15) is 0 Å². The van der Waals surface area contributed by atoms with E-state index in [0.29, 0.717) is 12.5 Å². The van der Waals surface area contributed by atoms with E-state index in [2.05, 4.69) is 19.4 Å². The molecule has 9 nitrogen and oxygen atoms in total. The van der Waals surface area contributed by atoms with Crippen LogP contribution >= 0.6 is 24.2 Å². The number of rotatable bonds is 6. The van der Waals surface area contributed by atoms with Gasteiger partial charge in [0.1, 0.15) is 17.2 Å². The van der Waals surface area contributed by atoms with E-state index in [1.807, 2.05) is 20.0 Å². The van der Waals surface area contributed by atoms with Gasteiger partial charge in [-0.25, -0.2) is 9.78 Å². The molecule has 1 aromatic rings. The summed E-state index contributed by atoms with van der Waals surface area (Å²) in [7, 11) is 0. The Labute approximate surface area is 186 Å². The Bertz CT molecular complexity index is 823. The molecular formula is C19H29ClN6O3S. The number of carbonyl (C=O) groups is 2. The molecule has 3 atom stereocenters. The van der Waals surface area contributed by atoms with E-state index in [9.17, 15) is 14.7 Å². The van der Waals surface area contributed by atoms with Crippen molar-refractivity contribution in [2.24, 2.45) is 16.6 Å². The van der Waals surface area contributed by atoms with Crippen LogP contribution in [0.4, 0.5) is 0 Å². The molecule has 1 aromatic heterocycles. The largest absolute Gasteiger partial charge is 0.480 e. The lowest BCUT2D eigenvalue weighted by molar-refractivity contribution is -0.158. The Kier molecular flexibility index (Phi) is 6.69. The third-order valence-corrected chi connectivity index (χ3v) is 7.68. The van der Waals surface area contributed by atoms with Gasteiger partial charge < -0.3 is 25.2 Å². The zero-order valence-electron chi connectivity index (χ0n) is 17.2. The van der Waals surface area contributed by atoms with Gasteiger partial charge in [0.2, 0.25) is 0 Å². The molecule has 0 spiro atoms. The molecule has 0 aliphatic carbocycles. The van der Waals surface area contributed by atoms with Crippen molar-refractivity contribution in [2.45, 2.75) is 62.0 Å². The molecule has 166 valence electrons. The van der Waals surface area contributed by atoms with Crippen LogP contribution in [0.2, 0.25) is 0 Å². The normalized spacial score (nSPS) is 28.4. The number of carbonyl (C=O) groups excluding carboxylic acids is 1. The number of aromatic nitrogens is 2. The summed E-state index contributed by atoms with van der Waals surface area (Å²) in [5, 5.41) is 9.31. The highest BCUT2D eigenvalue weighted by atomic mass is 35.5. The number of β-lactam (4-membered cyclic amide) rings is 1. The predicted molar refractivity (Wildman–Crippen MR) is 118 cm³/mol. The molecule has 30 heavy (non-hydrogen) atoms. The summed E-state index contributed by atoms with van der Waals surface area (Å²) in [6.45, 7) is 6.93. The Hall–Kier alpha value is -1.78. The summed E-state index contributed by atoms with van der Waals surface area (Å²) in [4.78, 5) is 36.5. The fraction of sp³-hybridized carbons (Fsp3) is 0.684. The first-order valence-corrected chi connectivity index (χ1v) is 10.9. The first-order valence-electron chi connectivity index (χ1n) is 10.0. The number of hydrogen-bond donors (Lipinski definition) is 2. The molecule has 11 heteroatoms. The first kappa shape index (κ1) is 22.9. The fourth-order valence-electron chi connectivity index (χ4n) is 4.52. The third kappa shape index (κ3) is 4.04. The van der Waals surface area contributed by atoms with E-state index in [0.717, 1.165) is 38.3 Å². The number of aliphatic imine (C=N–C) groups is 1. The summed E-state index contributed by atoms with van der Waals surface area (Å²) in [6, 6.07) is -1.26. The second-order valence-electron chi connectivity index (χ2n) is 8.49. The standard InChI is InChI=1S/C19H28N6O3S.ClH/c1-19(2)15(18(27)28)25-16(26)14(17(25)29-19)22-11-23-6-3-12(4-7-23)10-24-8-5-21-13(24)9-20;/h5,8,11-12,14-15,17H,3-4,6-7,9-10,20H2,1-2H3,(H,27,28);1H/t14-,15+,17-;/m1./s1. The molecule has 3 aliphatic heterocycles.